The molecule has 0 saturated heterocycles. The van der Waals surface area contributed by atoms with Gasteiger partial charge in [0.05, 0.1) is 22.6 Å². The van der Waals surface area contributed by atoms with Crippen molar-refractivity contribution in [1.29, 1.82) is 0 Å². The standard InChI is InChI=1S/C36H48N4O2/c1-5-6-7-8-9-10-11-12-13-22-34(41)39(26-25-38(3)4)28(2)35-37-33-21-17-16-20-32(33)36(42)40(35)31-24-23-29-18-14-15-19-30(29)27-31/h14-21,23-24,27-28H,5-13,22,25-26H2,1-4H3. The molecule has 0 saturated carbocycles. The van der Waals surface area contributed by atoms with Crippen LogP contribution in [0.5, 0.6) is 0 Å². The van der Waals surface area contributed by atoms with E-state index in [0.717, 1.165) is 35.8 Å². The van der Waals surface area contributed by atoms with Gasteiger partial charge < -0.3 is 9.80 Å². The summed E-state index contributed by atoms with van der Waals surface area (Å²) in [5, 5.41) is 2.74. The van der Waals surface area contributed by atoms with Crippen LogP contribution in [0.2, 0.25) is 0 Å². The van der Waals surface area contributed by atoms with Crippen molar-refractivity contribution in [2.45, 2.75) is 84.1 Å². The third-order valence-corrected chi connectivity index (χ3v) is 8.24. The molecule has 1 amide bonds. The average molecular weight is 569 g/mol. The van der Waals surface area contributed by atoms with Crippen LogP contribution in [-0.4, -0.2) is 52.4 Å². The summed E-state index contributed by atoms with van der Waals surface area (Å²) in [5.41, 5.74) is 1.30. The number of rotatable bonds is 16. The van der Waals surface area contributed by atoms with Crippen molar-refractivity contribution in [2.75, 3.05) is 27.2 Å². The van der Waals surface area contributed by atoms with E-state index in [1.807, 2.05) is 80.5 Å². The van der Waals surface area contributed by atoms with E-state index in [9.17, 15) is 9.59 Å². The van der Waals surface area contributed by atoms with Crippen LogP contribution in [0.1, 0.15) is 89.9 Å². The first-order valence-corrected chi connectivity index (χ1v) is 15.9. The van der Waals surface area contributed by atoms with Gasteiger partial charge in [-0.25, -0.2) is 4.98 Å². The Kier molecular flexibility index (Phi) is 11.7. The lowest BCUT2D eigenvalue weighted by molar-refractivity contribution is -0.133. The number of amides is 1. The van der Waals surface area contributed by atoms with E-state index >= 15 is 0 Å². The predicted molar refractivity (Wildman–Crippen MR) is 175 cm³/mol. The Morgan fingerprint density at radius 3 is 2.17 bits per heavy atom. The Morgan fingerprint density at radius 2 is 1.45 bits per heavy atom. The molecule has 0 spiro atoms. The minimum atomic E-state index is -0.375. The van der Waals surface area contributed by atoms with Gasteiger partial charge >= 0.3 is 0 Å². The molecule has 1 heterocycles. The first-order valence-electron chi connectivity index (χ1n) is 15.9. The van der Waals surface area contributed by atoms with Crippen LogP contribution in [0.3, 0.4) is 0 Å². The highest BCUT2D eigenvalue weighted by atomic mass is 16.2. The normalized spacial score (nSPS) is 12.3. The summed E-state index contributed by atoms with van der Waals surface area (Å²) in [5.74, 6) is 0.716. The first-order chi connectivity index (χ1) is 20.4. The number of benzene rings is 3. The molecule has 3 aromatic carbocycles. The van der Waals surface area contributed by atoms with Gasteiger partial charge in [-0.3, -0.25) is 14.2 Å². The molecular weight excluding hydrogens is 520 g/mol. The highest BCUT2D eigenvalue weighted by Gasteiger charge is 2.26. The Hall–Kier alpha value is -3.51. The fraction of sp³-hybridized carbons (Fsp3) is 0.472. The van der Waals surface area contributed by atoms with Crippen LogP contribution >= 0.6 is 0 Å². The zero-order valence-corrected chi connectivity index (χ0v) is 26.0. The van der Waals surface area contributed by atoms with Gasteiger partial charge in [0.1, 0.15) is 5.82 Å². The van der Waals surface area contributed by atoms with E-state index in [0.29, 0.717) is 29.7 Å². The number of likely N-dealkylation sites (N-methyl/N-ethyl adjacent to an activating group) is 1. The van der Waals surface area contributed by atoms with E-state index in [4.69, 9.17) is 4.98 Å². The molecule has 1 unspecified atom stereocenters. The van der Waals surface area contributed by atoms with Crippen molar-refractivity contribution in [3.8, 4) is 5.69 Å². The smallest absolute Gasteiger partial charge is 0.266 e. The second-order valence-electron chi connectivity index (χ2n) is 11.8. The van der Waals surface area contributed by atoms with Crippen LogP contribution < -0.4 is 5.56 Å². The summed E-state index contributed by atoms with van der Waals surface area (Å²) in [6, 6.07) is 21.3. The van der Waals surface area contributed by atoms with Gasteiger partial charge in [0, 0.05) is 19.5 Å². The number of fused-ring (bicyclic) bond motifs is 2. The maximum absolute atomic E-state index is 14.0. The number of aromatic nitrogens is 2. The summed E-state index contributed by atoms with van der Waals surface area (Å²) < 4.78 is 1.72. The molecule has 0 bridgehead atoms. The number of nitrogens with zero attached hydrogens (tertiary/aromatic N) is 4. The third-order valence-electron chi connectivity index (χ3n) is 8.24. The van der Waals surface area contributed by atoms with Gasteiger partial charge in [0.25, 0.3) is 5.56 Å². The molecule has 4 aromatic rings. The number of unbranched alkanes of at least 4 members (excludes halogenated alkanes) is 8. The molecule has 0 N–H and O–H groups in total. The second-order valence-corrected chi connectivity index (χ2v) is 11.8. The molecule has 0 aliphatic heterocycles. The van der Waals surface area contributed by atoms with Crippen LogP contribution in [0.25, 0.3) is 27.4 Å². The number of hydrogen-bond acceptors (Lipinski definition) is 4. The Balaban J connectivity index is 1.60. The lowest BCUT2D eigenvalue weighted by Gasteiger charge is -2.31. The Labute approximate surface area is 251 Å². The zero-order valence-electron chi connectivity index (χ0n) is 26.0. The van der Waals surface area contributed by atoms with Crippen molar-refractivity contribution in [3.63, 3.8) is 0 Å². The minimum Gasteiger partial charge on any atom is -0.331 e. The average Bonchev–Trinajstić information content (AvgIpc) is 2.99. The van der Waals surface area contributed by atoms with E-state index in [2.05, 4.69) is 24.0 Å². The number of carbonyl (C=O) groups is 1. The summed E-state index contributed by atoms with van der Waals surface area (Å²) in [7, 11) is 4.04. The molecule has 1 atom stereocenters. The molecule has 0 aliphatic rings. The molecule has 6 heteroatoms. The molecule has 224 valence electrons. The van der Waals surface area contributed by atoms with E-state index in [1.54, 1.807) is 4.57 Å². The van der Waals surface area contributed by atoms with Crippen molar-refractivity contribution in [2.24, 2.45) is 0 Å². The van der Waals surface area contributed by atoms with Crippen molar-refractivity contribution < 1.29 is 4.79 Å². The van der Waals surface area contributed by atoms with Gasteiger partial charge in [-0.15, -0.1) is 0 Å². The summed E-state index contributed by atoms with van der Waals surface area (Å²) in [4.78, 5) is 36.8. The van der Waals surface area contributed by atoms with Gasteiger partial charge in [0.2, 0.25) is 5.91 Å². The molecule has 0 fully saturated rings. The molecule has 4 rings (SSSR count). The van der Waals surface area contributed by atoms with Crippen LogP contribution in [0, 0.1) is 0 Å². The Morgan fingerprint density at radius 1 is 0.810 bits per heavy atom. The molecule has 42 heavy (non-hydrogen) atoms. The number of para-hydroxylation sites is 1. The topological polar surface area (TPSA) is 58.4 Å². The zero-order chi connectivity index (χ0) is 29.9. The molecular formula is C36H48N4O2. The van der Waals surface area contributed by atoms with Gasteiger partial charge in [-0.05, 0) is 62.5 Å². The van der Waals surface area contributed by atoms with Crippen molar-refractivity contribution in [1.82, 2.24) is 19.4 Å². The number of hydrogen-bond donors (Lipinski definition) is 0. The molecule has 1 aromatic heterocycles. The van der Waals surface area contributed by atoms with E-state index in [-0.39, 0.29) is 17.5 Å². The van der Waals surface area contributed by atoms with Crippen molar-refractivity contribution in [3.05, 3.63) is 82.9 Å². The van der Waals surface area contributed by atoms with E-state index < -0.39 is 0 Å². The fourth-order valence-electron chi connectivity index (χ4n) is 5.71. The van der Waals surface area contributed by atoms with E-state index in [1.165, 1.54) is 44.9 Å². The summed E-state index contributed by atoms with van der Waals surface area (Å²) in [6.07, 6.45) is 11.5. The summed E-state index contributed by atoms with van der Waals surface area (Å²) in [6.45, 7) is 5.57. The lowest BCUT2D eigenvalue weighted by atomic mass is 10.1. The van der Waals surface area contributed by atoms with Gasteiger partial charge in [-0.2, -0.15) is 0 Å². The summed E-state index contributed by atoms with van der Waals surface area (Å²) >= 11 is 0. The maximum atomic E-state index is 14.0. The van der Waals surface area contributed by atoms with Crippen molar-refractivity contribution >= 4 is 27.6 Å². The minimum absolute atomic E-state index is 0.114. The van der Waals surface area contributed by atoms with Crippen LogP contribution in [0.15, 0.2) is 71.5 Å². The third kappa shape index (κ3) is 8.07. The monoisotopic (exact) mass is 568 g/mol. The SMILES string of the molecule is CCCCCCCCCCCC(=O)N(CCN(C)C)C(C)c1nc2ccccc2c(=O)n1-c1ccc2ccccc2c1. The van der Waals surface area contributed by atoms with Gasteiger partial charge in [-0.1, -0.05) is 101 Å². The van der Waals surface area contributed by atoms with Crippen LogP contribution in [0.4, 0.5) is 0 Å². The quantitative estimate of drug-likeness (QED) is 0.129. The predicted octanol–water partition coefficient (Wildman–Crippen LogP) is 7.91. The largest absolute Gasteiger partial charge is 0.331 e. The second kappa shape index (κ2) is 15.6. The molecule has 0 aliphatic carbocycles. The maximum Gasteiger partial charge on any atom is 0.266 e. The highest BCUT2D eigenvalue weighted by Crippen LogP contribution is 2.26. The first kappa shape index (κ1) is 31.4. The lowest BCUT2D eigenvalue weighted by Crippen LogP contribution is -2.40. The molecule has 6 nitrogen and oxygen atoms in total. The highest BCUT2D eigenvalue weighted by molar-refractivity contribution is 5.85. The number of carbonyl (C=O) groups excluding carboxylic acids is 1. The van der Waals surface area contributed by atoms with Gasteiger partial charge in [0.15, 0.2) is 0 Å². The fourth-order valence-corrected chi connectivity index (χ4v) is 5.71. The molecule has 0 radical (unpaired) electrons. The Bertz CT molecular complexity index is 1510. The van der Waals surface area contributed by atoms with Crippen LogP contribution in [-0.2, 0) is 4.79 Å².